The van der Waals surface area contributed by atoms with Gasteiger partial charge in [0.1, 0.15) is 0 Å². The van der Waals surface area contributed by atoms with Crippen LogP contribution in [0.15, 0.2) is 17.1 Å². The van der Waals surface area contributed by atoms with Crippen LogP contribution in [0, 0.1) is 0 Å². The van der Waals surface area contributed by atoms with Crippen molar-refractivity contribution in [1.82, 2.24) is 0 Å². The molecule has 1 rings (SSSR count). The topological polar surface area (TPSA) is 12.4 Å². The third-order valence-electron chi connectivity index (χ3n) is 2.20. The third-order valence-corrected chi connectivity index (χ3v) is 2.20. The lowest BCUT2D eigenvalue weighted by Gasteiger charge is -2.07. The van der Waals surface area contributed by atoms with Gasteiger partial charge in [-0.2, -0.15) is 0 Å². The fraction of sp³-hybridized carbons (Fsp3) is 0.769. The summed E-state index contributed by atoms with van der Waals surface area (Å²) < 4.78 is 0. The first kappa shape index (κ1) is 17.1. The average molecular weight is 232 g/mol. The molecular weight excluding hydrogens is 206 g/mol. The highest BCUT2D eigenvalue weighted by Crippen LogP contribution is 2.12. The minimum atomic E-state index is 0. The number of allylic oxidation sites excluding steroid dienone is 1. The van der Waals surface area contributed by atoms with Crippen LogP contribution in [0.5, 0.6) is 0 Å². The van der Waals surface area contributed by atoms with Gasteiger partial charge in [-0.05, 0) is 19.9 Å². The molecule has 1 aliphatic heterocycles. The molecule has 0 saturated heterocycles. The lowest BCUT2D eigenvalue weighted by molar-refractivity contribution is 0.656. The zero-order valence-corrected chi connectivity index (χ0v) is 11.4. The van der Waals surface area contributed by atoms with Crippen molar-refractivity contribution in [2.45, 2.75) is 65.3 Å². The van der Waals surface area contributed by atoms with Gasteiger partial charge in [-0.1, -0.05) is 52.0 Å². The van der Waals surface area contributed by atoms with E-state index in [9.17, 15) is 0 Å². The minimum Gasteiger partial charge on any atom is -0.283 e. The van der Waals surface area contributed by atoms with Crippen molar-refractivity contribution in [2.24, 2.45) is 4.99 Å². The molecule has 0 aromatic rings. The standard InChI is InChI=1S/C7H16.C6H9N.ClH/c1-3-5-7-6-4-2;1-6(2)4-3-5-7-6;/h3-7H2,1-2H3;3-5H,1-2H3;1H. The quantitative estimate of drug-likeness (QED) is 0.616. The normalized spacial score (nSPS) is 15.5. The molecule has 0 atom stereocenters. The van der Waals surface area contributed by atoms with Crippen molar-refractivity contribution in [3.05, 3.63) is 12.2 Å². The van der Waals surface area contributed by atoms with Crippen LogP contribution in [-0.2, 0) is 0 Å². The van der Waals surface area contributed by atoms with E-state index in [2.05, 4.69) is 38.8 Å². The zero-order valence-electron chi connectivity index (χ0n) is 10.6. The van der Waals surface area contributed by atoms with Crippen LogP contribution in [0.1, 0.15) is 59.8 Å². The van der Waals surface area contributed by atoms with Crippen LogP contribution < -0.4 is 0 Å². The average Bonchev–Trinajstić information content (AvgIpc) is 2.52. The largest absolute Gasteiger partial charge is 0.283 e. The van der Waals surface area contributed by atoms with E-state index in [4.69, 9.17) is 0 Å². The van der Waals surface area contributed by atoms with Crippen LogP contribution in [-0.4, -0.2) is 11.8 Å². The molecule has 15 heavy (non-hydrogen) atoms. The maximum atomic E-state index is 4.13. The van der Waals surface area contributed by atoms with Crippen molar-refractivity contribution in [3.63, 3.8) is 0 Å². The number of rotatable bonds is 4. The van der Waals surface area contributed by atoms with E-state index in [1.807, 2.05) is 12.3 Å². The molecule has 0 aliphatic carbocycles. The van der Waals surface area contributed by atoms with Gasteiger partial charge in [0.05, 0.1) is 5.54 Å². The Morgan fingerprint density at radius 1 is 1.00 bits per heavy atom. The van der Waals surface area contributed by atoms with E-state index >= 15 is 0 Å². The third kappa shape index (κ3) is 11.6. The van der Waals surface area contributed by atoms with Gasteiger partial charge in [0.15, 0.2) is 0 Å². The van der Waals surface area contributed by atoms with E-state index in [0.717, 1.165) is 0 Å². The molecule has 2 heteroatoms. The Kier molecular flexibility index (Phi) is 11.7. The summed E-state index contributed by atoms with van der Waals surface area (Å²) in [6, 6.07) is 0. The number of unbranched alkanes of at least 4 members (excludes halogenated alkanes) is 4. The van der Waals surface area contributed by atoms with Gasteiger partial charge in [0.25, 0.3) is 0 Å². The Bertz CT molecular complexity index is 165. The molecule has 0 aromatic heterocycles. The molecule has 1 nitrogen and oxygen atoms in total. The summed E-state index contributed by atoms with van der Waals surface area (Å²) in [5.41, 5.74) is 0.0833. The Morgan fingerprint density at radius 3 is 1.73 bits per heavy atom. The van der Waals surface area contributed by atoms with Crippen molar-refractivity contribution in [2.75, 3.05) is 0 Å². The lowest BCUT2D eigenvalue weighted by Crippen LogP contribution is -2.07. The van der Waals surface area contributed by atoms with Gasteiger partial charge in [-0.25, -0.2) is 0 Å². The summed E-state index contributed by atoms with van der Waals surface area (Å²) in [7, 11) is 0. The van der Waals surface area contributed by atoms with Crippen molar-refractivity contribution in [3.8, 4) is 0 Å². The molecule has 0 bridgehead atoms. The Morgan fingerprint density at radius 2 is 1.53 bits per heavy atom. The van der Waals surface area contributed by atoms with E-state index < -0.39 is 0 Å². The highest BCUT2D eigenvalue weighted by Gasteiger charge is 2.11. The maximum absolute atomic E-state index is 4.13. The summed E-state index contributed by atoms with van der Waals surface area (Å²) in [6.07, 6.45) is 12.9. The lowest BCUT2D eigenvalue weighted by atomic mass is 10.1. The van der Waals surface area contributed by atoms with Crippen LogP contribution in [0.2, 0.25) is 0 Å². The van der Waals surface area contributed by atoms with E-state index in [1.54, 1.807) is 0 Å². The number of hydrogen-bond acceptors (Lipinski definition) is 1. The second-order valence-electron chi connectivity index (χ2n) is 4.35. The summed E-state index contributed by atoms with van der Waals surface area (Å²) in [5.74, 6) is 0. The first-order chi connectivity index (χ1) is 6.62. The first-order valence-electron chi connectivity index (χ1n) is 5.85. The molecule has 90 valence electrons. The van der Waals surface area contributed by atoms with Gasteiger partial charge < -0.3 is 0 Å². The van der Waals surface area contributed by atoms with E-state index in [1.165, 1.54) is 32.1 Å². The summed E-state index contributed by atoms with van der Waals surface area (Å²) in [5, 5.41) is 0. The fourth-order valence-corrected chi connectivity index (χ4v) is 1.23. The maximum Gasteiger partial charge on any atom is 0.0735 e. The second kappa shape index (κ2) is 10.2. The van der Waals surface area contributed by atoms with E-state index in [0.29, 0.717) is 0 Å². The van der Waals surface area contributed by atoms with E-state index in [-0.39, 0.29) is 17.9 Å². The highest BCUT2D eigenvalue weighted by atomic mass is 35.5. The predicted octanol–water partition coefficient (Wildman–Crippen LogP) is 4.80. The molecule has 1 aliphatic rings. The summed E-state index contributed by atoms with van der Waals surface area (Å²) >= 11 is 0. The van der Waals surface area contributed by atoms with Gasteiger partial charge in [0.2, 0.25) is 0 Å². The molecule has 0 unspecified atom stereocenters. The number of halogens is 1. The van der Waals surface area contributed by atoms with Crippen LogP contribution >= 0.6 is 12.4 Å². The Balaban J connectivity index is 0. The van der Waals surface area contributed by atoms with Gasteiger partial charge in [-0.3, -0.25) is 4.99 Å². The minimum absolute atomic E-state index is 0. The van der Waals surface area contributed by atoms with Crippen molar-refractivity contribution in [1.29, 1.82) is 0 Å². The summed E-state index contributed by atoms with van der Waals surface area (Å²) in [6.45, 7) is 8.64. The monoisotopic (exact) mass is 231 g/mol. The van der Waals surface area contributed by atoms with Crippen LogP contribution in [0.25, 0.3) is 0 Å². The Hall–Kier alpha value is -0.300. The molecular formula is C13H26ClN. The summed E-state index contributed by atoms with van der Waals surface area (Å²) in [4.78, 5) is 4.13. The van der Waals surface area contributed by atoms with Gasteiger partial charge in [0, 0.05) is 6.21 Å². The van der Waals surface area contributed by atoms with Crippen LogP contribution in [0.3, 0.4) is 0 Å². The first-order valence-corrected chi connectivity index (χ1v) is 5.85. The zero-order chi connectivity index (χ0) is 10.9. The Labute approximate surface area is 101 Å². The predicted molar refractivity (Wildman–Crippen MR) is 73.4 cm³/mol. The van der Waals surface area contributed by atoms with Gasteiger partial charge >= 0.3 is 0 Å². The van der Waals surface area contributed by atoms with Crippen molar-refractivity contribution < 1.29 is 0 Å². The fourth-order valence-electron chi connectivity index (χ4n) is 1.23. The second-order valence-corrected chi connectivity index (χ2v) is 4.35. The molecule has 0 fully saturated rings. The molecule has 0 saturated carbocycles. The highest BCUT2D eigenvalue weighted by molar-refractivity contribution is 5.85. The molecule has 0 aromatic carbocycles. The molecule has 0 amide bonds. The number of nitrogens with zero attached hydrogens (tertiary/aromatic N) is 1. The number of aliphatic imine (C=N–C) groups is 1. The van der Waals surface area contributed by atoms with Crippen LogP contribution in [0.4, 0.5) is 0 Å². The number of hydrogen-bond donors (Lipinski definition) is 0. The molecule has 0 N–H and O–H groups in total. The molecule has 0 spiro atoms. The van der Waals surface area contributed by atoms with Gasteiger partial charge in [-0.15, -0.1) is 12.4 Å². The van der Waals surface area contributed by atoms with Crippen molar-refractivity contribution >= 4 is 18.6 Å². The smallest absolute Gasteiger partial charge is 0.0735 e. The molecule has 0 radical (unpaired) electrons. The molecule has 1 heterocycles. The SMILES string of the molecule is CC1(C)C=CC=N1.CCCCCCC.Cl.